The lowest BCUT2D eigenvalue weighted by atomic mass is 10.0. The zero-order valence-electron chi connectivity index (χ0n) is 16.1. The van der Waals surface area contributed by atoms with Crippen LogP contribution in [-0.4, -0.2) is 40.4 Å². The molecule has 1 aromatic heterocycles. The first-order chi connectivity index (χ1) is 13.6. The Morgan fingerprint density at radius 2 is 1.68 bits per heavy atom. The molecular formula is C23H23N3O2. The van der Waals surface area contributed by atoms with E-state index in [2.05, 4.69) is 11.9 Å². The van der Waals surface area contributed by atoms with Gasteiger partial charge in [0, 0.05) is 30.1 Å². The van der Waals surface area contributed by atoms with Gasteiger partial charge in [0.2, 0.25) is 0 Å². The average molecular weight is 373 g/mol. The van der Waals surface area contributed by atoms with Gasteiger partial charge in [0.15, 0.2) is 0 Å². The molecule has 0 unspecified atom stereocenters. The van der Waals surface area contributed by atoms with Gasteiger partial charge in [-0.3, -0.25) is 14.6 Å². The van der Waals surface area contributed by atoms with Crippen molar-refractivity contribution in [3.63, 3.8) is 0 Å². The minimum absolute atomic E-state index is 0.209. The van der Waals surface area contributed by atoms with E-state index in [0.29, 0.717) is 6.54 Å². The molecule has 0 spiro atoms. The second-order valence-corrected chi connectivity index (χ2v) is 6.99. The number of nitrogens with zero attached hydrogens (tertiary/aromatic N) is 2. The molecule has 0 radical (unpaired) electrons. The van der Waals surface area contributed by atoms with Gasteiger partial charge >= 0.3 is 0 Å². The molecule has 28 heavy (non-hydrogen) atoms. The summed E-state index contributed by atoms with van der Waals surface area (Å²) in [6.07, 6.45) is 3.57. The Kier molecular flexibility index (Phi) is 4.74. The number of amides is 2. The topological polar surface area (TPSA) is 56.4 Å². The van der Waals surface area contributed by atoms with Gasteiger partial charge in [0.25, 0.3) is 11.8 Å². The number of aromatic amines is 1. The van der Waals surface area contributed by atoms with E-state index in [1.54, 1.807) is 13.1 Å². The van der Waals surface area contributed by atoms with Crippen molar-refractivity contribution in [3.05, 3.63) is 65.7 Å². The highest BCUT2D eigenvalue weighted by molar-refractivity contribution is 6.26. The number of likely N-dealkylation sites (N-methyl/N-ethyl adjacent to an activating group) is 1. The fraction of sp³-hybridized carbons (Fsp3) is 0.217. The van der Waals surface area contributed by atoms with E-state index in [-0.39, 0.29) is 17.4 Å². The van der Waals surface area contributed by atoms with Crippen molar-refractivity contribution < 1.29 is 9.59 Å². The van der Waals surface area contributed by atoms with E-state index in [9.17, 15) is 9.59 Å². The van der Waals surface area contributed by atoms with Crippen LogP contribution < -0.4 is 0 Å². The molecule has 2 aromatic carbocycles. The van der Waals surface area contributed by atoms with E-state index in [0.717, 1.165) is 40.6 Å². The fourth-order valence-corrected chi connectivity index (χ4v) is 3.62. The largest absolute Gasteiger partial charge is 0.354 e. The zero-order chi connectivity index (χ0) is 19.7. The molecule has 0 atom stereocenters. The molecule has 142 valence electrons. The fourth-order valence-electron chi connectivity index (χ4n) is 3.62. The summed E-state index contributed by atoms with van der Waals surface area (Å²) in [7, 11) is 1.66. The van der Waals surface area contributed by atoms with Crippen LogP contribution in [0.25, 0.3) is 28.2 Å². The number of carbonyl (C=O) groups excluding carboxylic acids is 2. The number of para-hydroxylation sites is 1. The lowest BCUT2D eigenvalue weighted by Crippen LogP contribution is -2.38. The maximum Gasteiger partial charge on any atom is 0.278 e. The second-order valence-electron chi connectivity index (χ2n) is 6.99. The summed E-state index contributed by atoms with van der Waals surface area (Å²) >= 11 is 0. The lowest BCUT2D eigenvalue weighted by molar-refractivity contribution is -0.143. The van der Waals surface area contributed by atoms with E-state index in [4.69, 9.17) is 0 Å². The third-order valence-corrected chi connectivity index (χ3v) is 5.17. The van der Waals surface area contributed by atoms with Crippen molar-refractivity contribution in [2.75, 3.05) is 13.6 Å². The first-order valence-electron chi connectivity index (χ1n) is 9.59. The minimum Gasteiger partial charge on any atom is -0.354 e. The summed E-state index contributed by atoms with van der Waals surface area (Å²) in [5.41, 5.74) is 3.97. The van der Waals surface area contributed by atoms with Crippen molar-refractivity contribution in [3.8, 4) is 11.3 Å². The molecule has 1 aliphatic heterocycles. The van der Waals surface area contributed by atoms with Crippen LogP contribution in [0.3, 0.4) is 0 Å². The van der Waals surface area contributed by atoms with Gasteiger partial charge in [-0.15, -0.1) is 0 Å². The third-order valence-electron chi connectivity index (χ3n) is 5.17. The molecule has 1 N–H and O–H groups in total. The summed E-state index contributed by atoms with van der Waals surface area (Å²) in [6, 6.07) is 17.9. The van der Waals surface area contributed by atoms with Crippen LogP contribution in [0.1, 0.15) is 25.3 Å². The smallest absolute Gasteiger partial charge is 0.278 e. The highest BCUT2D eigenvalue weighted by Gasteiger charge is 2.38. The van der Waals surface area contributed by atoms with E-state index < -0.39 is 0 Å². The normalized spacial score (nSPS) is 16.0. The Bertz CT molecular complexity index is 1070. The van der Waals surface area contributed by atoms with Gasteiger partial charge in [-0.05, 0) is 24.1 Å². The molecule has 0 bridgehead atoms. The first-order valence-corrected chi connectivity index (χ1v) is 9.59. The number of hydrogen-bond acceptors (Lipinski definition) is 2. The molecule has 2 amide bonds. The summed E-state index contributed by atoms with van der Waals surface area (Å²) in [5, 5.41) is 3.96. The Labute approximate surface area is 164 Å². The van der Waals surface area contributed by atoms with E-state index in [1.807, 2.05) is 54.6 Å². The molecule has 5 nitrogen and oxygen atoms in total. The number of benzene rings is 2. The minimum atomic E-state index is -0.259. The van der Waals surface area contributed by atoms with Crippen molar-refractivity contribution in [2.45, 2.75) is 19.8 Å². The Balaban J connectivity index is 1.85. The molecule has 3 aromatic rings. The third kappa shape index (κ3) is 2.99. The summed E-state index contributed by atoms with van der Waals surface area (Å²) < 4.78 is 0. The molecule has 2 heterocycles. The highest BCUT2D eigenvalue weighted by Crippen LogP contribution is 2.33. The number of H-pyrrole nitrogens is 1. The summed E-state index contributed by atoms with van der Waals surface area (Å²) in [6.45, 7) is 2.62. The Hall–Kier alpha value is -3.34. The van der Waals surface area contributed by atoms with Crippen LogP contribution in [0.4, 0.5) is 0 Å². The number of unbranched alkanes of at least 4 members (excludes halogenated alkanes) is 1. The summed E-state index contributed by atoms with van der Waals surface area (Å²) in [5.74, 6) is -0.490. The zero-order valence-corrected chi connectivity index (χ0v) is 16.1. The van der Waals surface area contributed by atoms with Gasteiger partial charge < -0.3 is 4.98 Å². The van der Waals surface area contributed by atoms with Gasteiger partial charge in [0.05, 0.1) is 5.69 Å². The first kappa shape index (κ1) is 18.0. The van der Waals surface area contributed by atoms with Crippen LogP contribution in [0, 0.1) is 0 Å². The lowest BCUT2D eigenvalue weighted by Gasteiger charge is -2.22. The van der Waals surface area contributed by atoms with Crippen LogP contribution in [0.2, 0.25) is 0 Å². The van der Waals surface area contributed by atoms with Crippen molar-refractivity contribution in [2.24, 2.45) is 0 Å². The molecule has 1 saturated heterocycles. The molecule has 0 saturated carbocycles. The number of hydrogen-bond donors (Lipinski definition) is 1. The maximum atomic E-state index is 12.9. The van der Waals surface area contributed by atoms with Crippen LogP contribution >= 0.6 is 0 Å². The summed E-state index contributed by atoms with van der Waals surface area (Å²) in [4.78, 5) is 29.2. The predicted molar refractivity (Wildman–Crippen MR) is 111 cm³/mol. The SMILES string of the molecule is CCCCN1C(=O)/C(=C/c2c(-c3ccccc3)[nH]c3ccccc23)C(=O)N1C. The number of fused-ring (bicyclic) bond motifs is 1. The monoisotopic (exact) mass is 373 g/mol. The van der Waals surface area contributed by atoms with Crippen molar-refractivity contribution in [1.29, 1.82) is 0 Å². The van der Waals surface area contributed by atoms with Crippen LogP contribution in [0.5, 0.6) is 0 Å². The van der Waals surface area contributed by atoms with Gasteiger partial charge in [-0.25, -0.2) is 5.01 Å². The number of hydrazine groups is 1. The molecular weight excluding hydrogens is 350 g/mol. The number of aromatic nitrogens is 1. The maximum absolute atomic E-state index is 12.9. The van der Waals surface area contributed by atoms with Crippen LogP contribution in [-0.2, 0) is 9.59 Å². The average Bonchev–Trinajstić information content (AvgIpc) is 3.19. The van der Waals surface area contributed by atoms with Crippen molar-refractivity contribution in [1.82, 2.24) is 15.0 Å². The van der Waals surface area contributed by atoms with E-state index >= 15 is 0 Å². The Morgan fingerprint density at radius 3 is 2.43 bits per heavy atom. The number of carbonyl (C=O) groups is 2. The number of nitrogens with one attached hydrogen (secondary N) is 1. The van der Waals surface area contributed by atoms with Gasteiger partial charge in [0.1, 0.15) is 5.57 Å². The quantitative estimate of drug-likeness (QED) is 0.537. The second kappa shape index (κ2) is 7.35. The van der Waals surface area contributed by atoms with Crippen molar-refractivity contribution >= 4 is 28.8 Å². The predicted octanol–water partition coefficient (Wildman–Crippen LogP) is 4.23. The highest BCUT2D eigenvalue weighted by atomic mass is 16.2. The molecule has 4 rings (SSSR count). The molecule has 5 heteroatoms. The number of rotatable bonds is 5. The van der Waals surface area contributed by atoms with Crippen LogP contribution in [0.15, 0.2) is 60.2 Å². The standard InChI is InChI=1S/C23H23N3O2/c1-3-4-14-26-23(28)19(22(27)25(26)2)15-18-17-12-8-9-13-20(17)24-21(18)16-10-6-5-7-11-16/h5-13,15,24H,3-4,14H2,1-2H3/b19-15+. The molecule has 1 aliphatic rings. The van der Waals surface area contributed by atoms with Gasteiger partial charge in [-0.1, -0.05) is 61.9 Å². The van der Waals surface area contributed by atoms with E-state index in [1.165, 1.54) is 10.0 Å². The van der Waals surface area contributed by atoms with Gasteiger partial charge in [-0.2, -0.15) is 0 Å². The molecule has 1 fully saturated rings. The Morgan fingerprint density at radius 1 is 0.964 bits per heavy atom. The molecule has 0 aliphatic carbocycles.